The summed E-state index contributed by atoms with van der Waals surface area (Å²) in [5.41, 5.74) is 2.87. The van der Waals surface area contributed by atoms with Gasteiger partial charge < -0.3 is 20.7 Å². The third kappa shape index (κ3) is 8.95. The van der Waals surface area contributed by atoms with E-state index in [0.717, 1.165) is 5.56 Å². The molecular weight excluding hydrogens is 468 g/mol. The summed E-state index contributed by atoms with van der Waals surface area (Å²) in [7, 11) is 0. The molecule has 1 saturated heterocycles. The molecule has 0 bridgehead atoms. The first kappa shape index (κ1) is 28.8. The highest BCUT2D eigenvalue weighted by atomic mass is 16.7. The molecular formula is C25H36N4O7. The maximum absolute atomic E-state index is 13.1. The molecule has 11 nitrogen and oxygen atoms in total. The fourth-order valence-electron chi connectivity index (χ4n) is 3.58. The van der Waals surface area contributed by atoms with Crippen LogP contribution in [0.4, 0.5) is 4.79 Å². The predicted octanol–water partition coefficient (Wildman–Crippen LogP) is 1.36. The van der Waals surface area contributed by atoms with Crippen LogP contribution < -0.4 is 21.4 Å². The fraction of sp³-hybridized carbons (Fsp3) is 0.560. The molecule has 1 aromatic carbocycles. The van der Waals surface area contributed by atoms with Crippen molar-refractivity contribution in [1.82, 2.24) is 21.4 Å². The molecule has 1 fully saturated rings. The Morgan fingerprint density at radius 1 is 0.972 bits per heavy atom. The van der Waals surface area contributed by atoms with Gasteiger partial charge in [-0.05, 0) is 36.7 Å². The molecule has 0 spiro atoms. The van der Waals surface area contributed by atoms with E-state index < -0.39 is 47.7 Å². The number of nitrogens with one attached hydrogen (secondary N) is 4. The Balaban J connectivity index is 2.02. The van der Waals surface area contributed by atoms with Crippen LogP contribution in [-0.4, -0.2) is 54.3 Å². The summed E-state index contributed by atoms with van der Waals surface area (Å²) >= 11 is 0. The van der Waals surface area contributed by atoms with Crippen LogP contribution in [0.25, 0.3) is 0 Å². The van der Waals surface area contributed by atoms with Gasteiger partial charge in [-0.1, -0.05) is 58.0 Å². The van der Waals surface area contributed by atoms with Gasteiger partial charge in [0.2, 0.25) is 17.6 Å². The first-order valence-electron chi connectivity index (χ1n) is 12.1. The van der Waals surface area contributed by atoms with Crippen LogP contribution in [0, 0.1) is 11.8 Å². The molecule has 4 amide bonds. The van der Waals surface area contributed by atoms with Gasteiger partial charge in [-0.25, -0.2) is 10.3 Å². The fourth-order valence-corrected chi connectivity index (χ4v) is 3.58. The normalized spacial score (nSPS) is 18.2. The van der Waals surface area contributed by atoms with E-state index in [0.29, 0.717) is 12.8 Å². The molecule has 36 heavy (non-hydrogen) atoms. The molecule has 1 heterocycles. The average molecular weight is 505 g/mol. The molecule has 0 aliphatic carbocycles. The number of hydrogen-bond acceptors (Lipinski definition) is 7. The van der Waals surface area contributed by atoms with Gasteiger partial charge in [0.1, 0.15) is 18.7 Å². The molecule has 2 rings (SSSR count). The second-order valence-corrected chi connectivity index (χ2v) is 9.36. The van der Waals surface area contributed by atoms with Crippen molar-refractivity contribution in [3.8, 4) is 0 Å². The SMILES string of the molecule is CC(C)C(NC(=O)OCc1ccccc1)C(=O)NC(C(=O)NC1CCCCONC(=O)C1=O)C(C)C. The number of ether oxygens (including phenoxy) is 1. The Labute approximate surface area is 211 Å². The molecule has 0 aromatic heterocycles. The highest BCUT2D eigenvalue weighted by molar-refractivity contribution is 6.38. The molecule has 1 aliphatic rings. The number of alkyl carbamates (subject to hydrolysis) is 1. The Hall–Kier alpha value is -3.47. The van der Waals surface area contributed by atoms with Crippen LogP contribution in [0.15, 0.2) is 30.3 Å². The highest BCUT2D eigenvalue weighted by Gasteiger charge is 2.34. The van der Waals surface area contributed by atoms with E-state index in [4.69, 9.17) is 9.57 Å². The minimum absolute atomic E-state index is 0.0458. The third-order valence-electron chi connectivity index (χ3n) is 5.69. The quantitative estimate of drug-likeness (QED) is 0.371. The van der Waals surface area contributed by atoms with Crippen molar-refractivity contribution in [2.45, 2.75) is 71.7 Å². The number of carbonyl (C=O) groups is 5. The van der Waals surface area contributed by atoms with Gasteiger partial charge in [0, 0.05) is 0 Å². The molecule has 11 heteroatoms. The summed E-state index contributed by atoms with van der Waals surface area (Å²) in [4.78, 5) is 67.7. The largest absolute Gasteiger partial charge is 0.445 e. The Kier molecular flexibility index (Phi) is 11.3. The minimum Gasteiger partial charge on any atom is -0.445 e. The maximum Gasteiger partial charge on any atom is 0.408 e. The second kappa shape index (κ2) is 14.2. The Morgan fingerprint density at radius 3 is 2.25 bits per heavy atom. The standard InChI is InChI=1S/C25H36N4O7/c1-15(2)19(22(31)26-18-12-8-9-13-36-29-24(33)21(18)30)27-23(32)20(16(3)4)28-25(34)35-14-17-10-6-5-7-11-17/h5-7,10-11,15-16,18-20H,8-9,12-14H2,1-4H3,(H,26,31)(H,27,32)(H,28,34)(H,29,33). The first-order valence-corrected chi connectivity index (χ1v) is 12.1. The van der Waals surface area contributed by atoms with E-state index in [2.05, 4.69) is 21.4 Å². The lowest BCUT2D eigenvalue weighted by molar-refractivity contribution is -0.147. The highest BCUT2D eigenvalue weighted by Crippen LogP contribution is 2.10. The van der Waals surface area contributed by atoms with Crippen molar-refractivity contribution in [3.63, 3.8) is 0 Å². The van der Waals surface area contributed by atoms with Crippen molar-refractivity contribution in [1.29, 1.82) is 0 Å². The summed E-state index contributed by atoms with van der Waals surface area (Å²) < 4.78 is 5.22. The second-order valence-electron chi connectivity index (χ2n) is 9.36. The van der Waals surface area contributed by atoms with Gasteiger partial charge in [-0.3, -0.25) is 24.0 Å². The average Bonchev–Trinajstić information content (AvgIpc) is 2.91. The Bertz CT molecular complexity index is 920. The van der Waals surface area contributed by atoms with Gasteiger partial charge in [0.05, 0.1) is 12.6 Å². The number of hydrogen-bond donors (Lipinski definition) is 4. The van der Waals surface area contributed by atoms with Crippen molar-refractivity contribution < 1.29 is 33.5 Å². The summed E-state index contributed by atoms with van der Waals surface area (Å²) in [6.07, 6.45) is 0.674. The first-order chi connectivity index (χ1) is 17.1. The predicted molar refractivity (Wildman–Crippen MR) is 130 cm³/mol. The van der Waals surface area contributed by atoms with Crippen LogP contribution >= 0.6 is 0 Å². The maximum atomic E-state index is 13.1. The summed E-state index contributed by atoms with van der Waals surface area (Å²) in [5, 5.41) is 7.83. The zero-order chi connectivity index (χ0) is 26.7. The van der Waals surface area contributed by atoms with E-state index >= 15 is 0 Å². The molecule has 3 atom stereocenters. The van der Waals surface area contributed by atoms with E-state index in [1.165, 1.54) is 0 Å². The van der Waals surface area contributed by atoms with Gasteiger partial charge in [-0.2, -0.15) is 0 Å². The Morgan fingerprint density at radius 2 is 1.61 bits per heavy atom. The molecule has 0 saturated carbocycles. The summed E-state index contributed by atoms with van der Waals surface area (Å²) in [6, 6.07) is 6.12. The summed E-state index contributed by atoms with van der Waals surface area (Å²) in [5.74, 6) is -3.56. The van der Waals surface area contributed by atoms with E-state index in [-0.39, 0.29) is 31.5 Å². The molecule has 198 valence electrons. The number of rotatable bonds is 9. The lowest BCUT2D eigenvalue weighted by Gasteiger charge is -2.28. The lowest BCUT2D eigenvalue weighted by Crippen LogP contribution is -2.59. The molecule has 0 radical (unpaired) electrons. The lowest BCUT2D eigenvalue weighted by atomic mass is 9.98. The zero-order valence-corrected chi connectivity index (χ0v) is 21.2. The van der Waals surface area contributed by atoms with Crippen molar-refractivity contribution in [3.05, 3.63) is 35.9 Å². The van der Waals surface area contributed by atoms with Crippen LogP contribution in [-0.2, 0) is 35.4 Å². The van der Waals surface area contributed by atoms with Gasteiger partial charge in [0.25, 0.3) is 0 Å². The van der Waals surface area contributed by atoms with Crippen LogP contribution in [0.1, 0.15) is 52.5 Å². The van der Waals surface area contributed by atoms with Crippen LogP contribution in [0.3, 0.4) is 0 Å². The number of carbonyl (C=O) groups excluding carboxylic acids is 5. The monoisotopic (exact) mass is 504 g/mol. The van der Waals surface area contributed by atoms with Crippen LogP contribution in [0.5, 0.6) is 0 Å². The number of hydroxylamine groups is 1. The van der Waals surface area contributed by atoms with Crippen molar-refractivity contribution in [2.75, 3.05) is 6.61 Å². The van der Waals surface area contributed by atoms with Crippen molar-refractivity contribution >= 4 is 29.6 Å². The number of benzene rings is 1. The molecule has 1 aromatic rings. The topological polar surface area (TPSA) is 152 Å². The van der Waals surface area contributed by atoms with E-state index in [9.17, 15) is 24.0 Å². The minimum atomic E-state index is -1.04. The van der Waals surface area contributed by atoms with Gasteiger partial charge in [-0.15, -0.1) is 0 Å². The molecule has 3 unspecified atom stereocenters. The van der Waals surface area contributed by atoms with Crippen molar-refractivity contribution in [2.24, 2.45) is 11.8 Å². The van der Waals surface area contributed by atoms with E-state index in [1.807, 2.05) is 30.3 Å². The summed E-state index contributed by atoms with van der Waals surface area (Å²) in [6.45, 7) is 7.29. The molecule has 4 N–H and O–H groups in total. The third-order valence-corrected chi connectivity index (χ3v) is 5.69. The number of amides is 4. The zero-order valence-electron chi connectivity index (χ0n) is 21.2. The smallest absolute Gasteiger partial charge is 0.408 e. The van der Waals surface area contributed by atoms with Gasteiger partial charge >= 0.3 is 12.0 Å². The van der Waals surface area contributed by atoms with Crippen LogP contribution in [0.2, 0.25) is 0 Å². The number of ketones is 1. The van der Waals surface area contributed by atoms with Gasteiger partial charge in [0.15, 0.2) is 0 Å². The molecule has 1 aliphatic heterocycles. The van der Waals surface area contributed by atoms with E-state index in [1.54, 1.807) is 27.7 Å². The number of Topliss-reactive ketones (excluding diaryl/α,β-unsaturated/α-hetero) is 1.